The minimum absolute atomic E-state index is 0.0721. The molecule has 4 saturated carbocycles. The Balaban J connectivity index is 1.59. The zero-order valence-electron chi connectivity index (χ0n) is 21.9. The number of rotatable bonds is 0. The Bertz CT molecular complexity index is 897. The maximum absolute atomic E-state index is 13.9. The predicted molar refractivity (Wildman–Crippen MR) is 130 cm³/mol. The summed E-state index contributed by atoms with van der Waals surface area (Å²) in [5.74, 6) is 3.72. The van der Waals surface area contributed by atoms with Crippen LogP contribution in [-0.4, -0.2) is 11.6 Å². The quantitative estimate of drug-likeness (QED) is 0.369. The van der Waals surface area contributed by atoms with Crippen molar-refractivity contribution in [2.45, 2.75) is 107 Å². The third-order valence-corrected chi connectivity index (χ3v) is 13.1. The summed E-state index contributed by atoms with van der Waals surface area (Å²) in [7, 11) is 0. The first-order valence-corrected chi connectivity index (χ1v) is 13.5. The lowest BCUT2D eigenvalue weighted by Gasteiger charge is -2.72. The molecule has 2 nitrogen and oxygen atoms in total. The summed E-state index contributed by atoms with van der Waals surface area (Å²) >= 11 is 0. The van der Waals surface area contributed by atoms with Crippen LogP contribution in [0.4, 0.5) is 0 Å². The first-order chi connectivity index (χ1) is 14.7. The van der Waals surface area contributed by atoms with Gasteiger partial charge in [-0.05, 0) is 91.3 Å². The number of fused-ring (bicyclic) bond motifs is 7. The van der Waals surface area contributed by atoms with E-state index < -0.39 is 0 Å². The summed E-state index contributed by atoms with van der Waals surface area (Å²) < 4.78 is 0. The van der Waals surface area contributed by atoms with Crippen molar-refractivity contribution in [2.24, 2.45) is 56.7 Å². The predicted octanol–water partition coefficient (Wildman–Crippen LogP) is 7.41. The third kappa shape index (κ3) is 2.48. The van der Waals surface area contributed by atoms with Gasteiger partial charge in [0, 0.05) is 23.7 Å². The topological polar surface area (TPSA) is 34.1 Å². The number of carbonyl (C=O) groups excluding carboxylic acids is 2. The van der Waals surface area contributed by atoms with Crippen molar-refractivity contribution >= 4 is 11.6 Å². The fourth-order valence-electron chi connectivity index (χ4n) is 10.8. The first kappa shape index (κ1) is 22.9. The maximum atomic E-state index is 13.9. The van der Waals surface area contributed by atoms with Gasteiger partial charge in [-0.3, -0.25) is 9.59 Å². The van der Waals surface area contributed by atoms with E-state index in [9.17, 15) is 9.59 Å². The van der Waals surface area contributed by atoms with E-state index in [0.717, 1.165) is 32.1 Å². The average Bonchev–Trinajstić information content (AvgIpc) is 2.70. The van der Waals surface area contributed by atoms with Crippen LogP contribution in [0.15, 0.2) is 11.6 Å². The molecule has 0 amide bonds. The van der Waals surface area contributed by atoms with Crippen molar-refractivity contribution in [3.63, 3.8) is 0 Å². The molecule has 0 saturated heterocycles. The number of hydrogen-bond donors (Lipinski definition) is 0. The normalized spacial score (nSPS) is 54.6. The van der Waals surface area contributed by atoms with Crippen molar-refractivity contribution in [2.75, 3.05) is 0 Å². The van der Waals surface area contributed by atoms with Crippen LogP contribution in [0.1, 0.15) is 107 Å². The van der Waals surface area contributed by atoms with Crippen molar-refractivity contribution in [3.8, 4) is 0 Å². The SMILES string of the molecule is CC1=CC[C@]2(C)C(=O)C[C@]3(C)[C@H](CC[C@@H]4[C@@]5(C)CCC(=O)C(C)(C)[C@@H]5CC[C@]43C)[C@H]2[C@H]1C. The van der Waals surface area contributed by atoms with Crippen LogP contribution in [0, 0.1) is 56.7 Å². The van der Waals surface area contributed by atoms with Gasteiger partial charge in [0.2, 0.25) is 0 Å². The van der Waals surface area contributed by atoms with Crippen molar-refractivity contribution in [1.29, 1.82) is 0 Å². The Morgan fingerprint density at radius 3 is 2.22 bits per heavy atom. The van der Waals surface area contributed by atoms with Gasteiger partial charge in [-0.25, -0.2) is 0 Å². The molecule has 0 radical (unpaired) electrons. The van der Waals surface area contributed by atoms with E-state index in [1.165, 1.54) is 24.8 Å². The highest BCUT2D eigenvalue weighted by molar-refractivity contribution is 5.87. The molecular formula is C30H46O2. The van der Waals surface area contributed by atoms with Crippen molar-refractivity contribution < 1.29 is 9.59 Å². The highest BCUT2D eigenvalue weighted by Gasteiger charge is 2.71. The highest BCUT2D eigenvalue weighted by Crippen LogP contribution is 2.76. The Morgan fingerprint density at radius 2 is 1.53 bits per heavy atom. The molecule has 5 aliphatic rings. The molecule has 32 heavy (non-hydrogen) atoms. The standard InChI is InChI=1S/C30H46O2/c1-18-11-14-28(6)24(32)17-30(8)20(25(28)19(18)2)9-10-22-27(5)15-13-23(31)26(3,4)21(27)12-16-29(22,30)7/h11,19-22,25H,9-10,12-17H2,1-8H3/t19-,20+,21-,22+,25+,27-,28+,29+,30+/m0/s1. The molecule has 0 spiro atoms. The second-order valence-corrected chi connectivity index (χ2v) is 14.3. The zero-order chi connectivity index (χ0) is 23.5. The van der Waals surface area contributed by atoms with Crippen LogP contribution in [0.3, 0.4) is 0 Å². The fraction of sp³-hybridized carbons (Fsp3) is 0.867. The van der Waals surface area contributed by atoms with Gasteiger partial charge < -0.3 is 0 Å². The molecule has 4 fully saturated rings. The second-order valence-electron chi connectivity index (χ2n) is 14.3. The summed E-state index contributed by atoms with van der Waals surface area (Å²) in [6.07, 6.45) is 10.7. The van der Waals surface area contributed by atoms with Gasteiger partial charge in [0.25, 0.3) is 0 Å². The molecule has 0 aromatic heterocycles. The van der Waals surface area contributed by atoms with Crippen LogP contribution in [-0.2, 0) is 9.59 Å². The molecule has 0 aliphatic heterocycles. The maximum Gasteiger partial charge on any atom is 0.139 e. The van der Waals surface area contributed by atoms with Crippen molar-refractivity contribution in [3.05, 3.63) is 11.6 Å². The lowest BCUT2D eigenvalue weighted by Crippen LogP contribution is -2.68. The molecule has 0 aromatic carbocycles. The molecule has 0 heterocycles. The summed E-state index contributed by atoms with van der Waals surface area (Å²) in [6, 6.07) is 0. The van der Waals surface area contributed by atoms with Gasteiger partial charge in [0.05, 0.1) is 0 Å². The van der Waals surface area contributed by atoms with Crippen LogP contribution in [0.2, 0.25) is 0 Å². The van der Waals surface area contributed by atoms with Crippen LogP contribution >= 0.6 is 0 Å². The molecule has 0 aromatic rings. The van der Waals surface area contributed by atoms with E-state index in [-0.39, 0.29) is 27.1 Å². The van der Waals surface area contributed by atoms with Crippen LogP contribution in [0.5, 0.6) is 0 Å². The third-order valence-electron chi connectivity index (χ3n) is 13.1. The Kier molecular flexibility index (Phi) is 4.71. The van der Waals surface area contributed by atoms with Crippen LogP contribution < -0.4 is 0 Å². The summed E-state index contributed by atoms with van der Waals surface area (Å²) in [6.45, 7) is 19.1. The van der Waals surface area contributed by atoms with E-state index >= 15 is 0 Å². The fourth-order valence-corrected chi connectivity index (χ4v) is 10.8. The smallest absolute Gasteiger partial charge is 0.139 e. The molecule has 5 rings (SSSR count). The summed E-state index contributed by atoms with van der Waals surface area (Å²) in [5.41, 5.74) is 1.60. The van der Waals surface area contributed by atoms with Gasteiger partial charge in [0.1, 0.15) is 11.6 Å². The Morgan fingerprint density at radius 1 is 0.844 bits per heavy atom. The van der Waals surface area contributed by atoms with Crippen molar-refractivity contribution in [1.82, 2.24) is 0 Å². The molecule has 0 bridgehead atoms. The highest BCUT2D eigenvalue weighted by atomic mass is 16.1. The second kappa shape index (κ2) is 6.60. The Labute approximate surface area is 196 Å². The van der Waals surface area contributed by atoms with E-state index in [2.05, 4.69) is 61.5 Å². The molecule has 2 heteroatoms. The van der Waals surface area contributed by atoms with Gasteiger partial charge in [-0.2, -0.15) is 0 Å². The molecule has 9 atom stereocenters. The van der Waals surface area contributed by atoms with E-state index in [4.69, 9.17) is 0 Å². The monoisotopic (exact) mass is 438 g/mol. The minimum atomic E-state index is -0.202. The molecule has 5 aliphatic carbocycles. The minimum Gasteiger partial charge on any atom is -0.299 e. The largest absolute Gasteiger partial charge is 0.299 e. The first-order valence-electron chi connectivity index (χ1n) is 13.5. The van der Waals surface area contributed by atoms with Gasteiger partial charge >= 0.3 is 0 Å². The molecule has 178 valence electrons. The Hall–Kier alpha value is -0.920. The lowest BCUT2D eigenvalue weighted by molar-refractivity contribution is -0.232. The van der Waals surface area contributed by atoms with Gasteiger partial charge in [-0.15, -0.1) is 0 Å². The van der Waals surface area contributed by atoms with E-state index in [0.29, 0.717) is 41.2 Å². The molecule has 0 unspecified atom stereocenters. The van der Waals surface area contributed by atoms with Crippen LogP contribution in [0.25, 0.3) is 0 Å². The average molecular weight is 439 g/mol. The molecule has 0 N–H and O–H groups in total. The number of carbonyl (C=O) groups is 2. The number of allylic oxidation sites excluding steroid dienone is 2. The summed E-state index contributed by atoms with van der Waals surface area (Å²) in [5, 5.41) is 0. The number of ketones is 2. The number of Topliss-reactive ketones (excluding diaryl/α,β-unsaturated/α-hetero) is 2. The zero-order valence-corrected chi connectivity index (χ0v) is 21.9. The van der Waals surface area contributed by atoms with Gasteiger partial charge in [0.15, 0.2) is 0 Å². The lowest BCUT2D eigenvalue weighted by atomic mass is 9.31. The summed E-state index contributed by atoms with van der Waals surface area (Å²) in [4.78, 5) is 26.8. The number of hydrogen-bond acceptors (Lipinski definition) is 2. The van der Waals surface area contributed by atoms with Gasteiger partial charge in [-0.1, -0.05) is 60.1 Å². The molecular weight excluding hydrogens is 392 g/mol. The van der Waals surface area contributed by atoms with E-state index in [1.807, 2.05) is 0 Å². The van der Waals surface area contributed by atoms with E-state index in [1.54, 1.807) is 0 Å².